The lowest BCUT2D eigenvalue weighted by Crippen LogP contribution is -2.02. The van der Waals surface area contributed by atoms with Crippen molar-refractivity contribution in [1.29, 1.82) is 0 Å². The van der Waals surface area contributed by atoms with Crippen molar-refractivity contribution in [2.24, 2.45) is 12.0 Å². The van der Waals surface area contributed by atoms with Crippen LogP contribution in [0.25, 0.3) is 22.7 Å². The molecule has 1 aliphatic heterocycles. The highest BCUT2D eigenvalue weighted by molar-refractivity contribution is 5.94. The number of imidazole rings is 1. The van der Waals surface area contributed by atoms with Crippen LogP contribution in [0.1, 0.15) is 77.3 Å². The van der Waals surface area contributed by atoms with Crippen LogP contribution in [0.2, 0.25) is 0 Å². The van der Waals surface area contributed by atoms with E-state index in [0.29, 0.717) is 0 Å². The van der Waals surface area contributed by atoms with Crippen molar-refractivity contribution in [1.82, 2.24) is 9.55 Å². The maximum absolute atomic E-state index is 5.08. The Balaban J connectivity index is 1.97. The van der Waals surface area contributed by atoms with Gasteiger partial charge in [-0.2, -0.15) is 0 Å². The lowest BCUT2D eigenvalue weighted by molar-refractivity contribution is 0.765. The zero-order valence-corrected chi connectivity index (χ0v) is 19.5. The van der Waals surface area contributed by atoms with Crippen LogP contribution in [0.4, 0.5) is 0 Å². The SMILES string of the molecule is C=C(CC)c1ccc2c(nc(CCC3=C(C)CC/C(C)=C\C(C)=N3)n2C)c1C=CC. The first-order valence-electron chi connectivity index (χ1n) is 11.1. The number of benzene rings is 1. The lowest BCUT2D eigenvalue weighted by Gasteiger charge is -2.13. The zero-order valence-electron chi connectivity index (χ0n) is 19.5. The minimum absolute atomic E-state index is 0.886. The zero-order chi connectivity index (χ0) is 21.8. The van der Waals surface area contributed by atoms with E-state index in [1.165, 1.54) is 33.5 Å². The first-order chi connectivity index (χ1) is 14.3. The van der Waals surface area contributed by atoms with Gasteiger partial charge in [0.2, 0.25) is 0 Å². The molecular formula is C27H35N3. The summed E-state index contributed by atoms with van der Waals surface area (Å²) in [6.07, 6.45) is 11.4. The van der Waals surface area contributed by atoms with Crippen molar-refractivity contribution >= 4 is 28.4 Å². The van der Waals surface area contributed by atoms with Gasteiger partial charge in [0.15, 0.2) is 0 Å². The summed E-state index contributed by atoms with van der Waals surface area (Å²) < 4.78 is 2.24. The van der Waals surface area contributed by atoms with Crippen LogP contribution in [0.15, 0.2) is 52.7 Å². The Bertz CT molecular complexity index is 1090. The van der Waals surface area contributed by atoms with Gasteiger partial charge in [-0.15, -0.1) is 0 Å². The Hall–Kier alpha value is -2.68. The molecule has 0 unspecified atom stereocenters. The van der Waals surface area contributed by atoms with E-state index in [9.17, 15) is 0 Å². The molecule has 0 fully saturated rings. The average molecular weight is 402 g/mol. The minimum atomic E-state index is 0.886. The van der Waals surface area contributed by atoms with Gasteiger partial charge in [-0.1, -0.05) is 42.9 Å². The second-order valence-electron chi connectivity index (χ2n) is 8.41. The number of hydrogen-bond donors (Lipinski definition) is 0. The van der Waals surface area contributed by atoms with Gasteiger partial charge in [-0.05, 0) is 76.7 Å². The highest BCUT2D eigenvalue weighted by Crippen LogP contribution is 2.30. The number of nitrogens with zero attached hydrogens (tertiary/aromatic N) is 3. The maximum Gasteiger partial charge on any atom is 0.110 e. The molecule has 0 aliphatic carbocycles. The smallest absolute Gasteiger partial charge is 0.110 e. The molecule has 3 heteroatoms. The monoisotopic (exact) mass is 401 g/mol. The fourth-order valence-electron chi connectivity index (χ4n) is 4.18. The van der Waals surface area contributed by atoms with Crippen LogP contribution in [0, 0.1) is 0 Å². The van der Waals surface area contributed by atoms with Gasteiger partial charge in [0, 0.05) is 30.4 Å². The number of allylic oxidation sites excluding steroid dienone is 6. The largest absolute Gasteiger partial charge is 0.331 e. The van der Waals surface area contributed by atoms with Gasteiger partial charge >= 0.3 is 0 Å². The fraction of sp³-hybridized carbons (Fsp3) is 0.407. The standard InChI is InChI=1S/C27H35N3/c1-8-10-23-22(19(4)9-2)13-15-25-27(23)29-26(30(25)7)16-14-24-20(5)12-11-18(3)17-21(6)28-24/h8,10,13,15,17H,4,9,11-12,14,16H2,1-3,5-7H3/b10-8?,18-17-,24-20?,28-21?. The topological polar surface area (TPSA) is 30.2 Å². The van der Waals surface area contributed by atoms with E-state index in [0.717, 1.165) is 54.7 Å². The fourth-order valence-corrected chi connectivity index (χ4v) is 4.18. The Morgan fingerprint density at radius 1 is 1.17 bits per heavy atom. The maximum atomic E-state index is 5.08. The van der Waals surface area contributed by atoms with Gasteiger partial charge in [0.1, 0.15) is 5.82 Å². The van der Waals surface area contributed by atoms with E-state index >= 15 is 0 Å². The molecule has 1 aromatic carbocycles. The van der Waals surface area contributed by atoms with Crippen LogP contribution in [-0.4, -0.2) is 15.3 Å². The van der Waals surface area contributed by atoms with Crippen molar-refractivity contribution in [2.45, 2.75) is 66.7 Å². The Kier molecular flexibility index (Phi) is 6.91. The molecular weight excluding hydrogens is 366 g/mol. The molecule has 2 heterocycles. The Morgan fingerprint density at radius 2 is 1.93 bits per heavy atom. The van der Waals surface area contributed by atoms with E-state index in [2.05, 4.69) is 83.2 Å². The number of aromatic nitrogens is 2. The second-order valence-corrected chi connectivity index (χ2v) is 8.41. The predicted molar refractivity (Wildman–Crippen MR) is 132 cm³/mol. The van der Waals surface area contributed by atoms with Gasteiger partial charge < -0.3 is 4.57 Å². The van der Waals surface area contributed by atoms with E-state index in [1.807, 2.05) is 0 Å². The molecule has 3 nitrogen and oxygen atoms in total. The van der Waals surface area contributed by atoms with Crippen LogP contribution in [0.3, 0.4) is 0 Å². The van der Waals surface area contributed by atoms with Crippen molar-refractivity contribution < 1.29 is 0 Å². The van der Waals surface area contributed by atoms with Gasteiger partial charge in [0.05, 0.1) is 11.0 Å². The van der Waals surface area contributed by atoms with Crippen molar-refractivity contribution in [2.75, 3.05) is 0 Å². The number of aliphatic imine (C=N–C) groups is 1. The molecule has 0 saturated carbocycles. The summed E-state index contributed by atoms with van der Waals surface area (Å²) in [5.41, 5.74) is 10.9. The highest BCUT2D eigenvalue weighted by Gasteiger charge is 2.15. The molecule has 158 valence electrons. The lowest BCUT2D eigenvalue weighted by atomic mass is 9.97. The summed E-state index contributed by atoms with van der Waals surface area (Å²) in [6, 6.07) is 4.38. The average Bonchev–Trinajstić information content (AvgIpc) is 3.04. The third-order valence-electron chi connectivity index (χ3n) is 6.07. The van der Waals surface area contributed by atoms with Crippen LogP contribution in [-0.2, 0) is 13.5 Å². The van der Waals surface area contributed by atoms with E-state index in [-0.39, 0.29) is 0 Å². The molecule has 0 atom stereocenters. The van der Waals surface area contributed by atoms with E-state index in [4.69, 9.17) is 9.98 Å². The number of aryl methyl sites for hydroxylation is 2. The molecule has 0 saturated heterocycles. The first-order valence-corrected chi connectivity index (χ1v) is 11.1. The number of rotatable bonds is 6. The Morgan fingerprint density at radius 3 is 2.63 bits per heavy atom. The molecule has 2 aromatic rings. The molecule has 3 rings (SSSR count). The summed E-state index contributed by atoms with van der Waals surface area (Å²) in [4.78, 5) is 10.00. The van der Waals surface area contributed by atoms with Crippen molar-refractivity contribution in [3.63, 3.8) is 0 Å². The summed E-state index contributed by atoms with van der Waals surface area (Å²) in [5.74, 6) is 1.11. The van der Waals surface area contributed by atoms with Crippen LogP contribution >= 0.6 is 0 Å². The molecule has 30 heavy (non-hydrogen) atoms. The molecule has 1 aliphatic rings. The predicted octanol–water partition coefficient (Wildman–Crippen LogP) is 7.44. The van der Waals surface area contributed by atoms with Crippen LogP contribution < -0.4 is 0 Å². The van der Waals surface area contributed by atoms with Crippen LogP contribution in [0.5, 0.6) is 0 Å². The van der Waals surface area contributed by atoms with Crippen molar-refractivity contribution in [3.05, 3.63) is 64.7 Å². The number of hydrogen-bond acceptors (Lipinski definition) is 2. The number of fused-ring (bicyclic) bond motifs is 1. The van der Waals surface area contributed by atoms with Crippen molar-refractivity contribution in [3.8, 4) is 0 Å². The van der Waals surface area contributed by atoms with Gasteiger partial charge in [0.25, 0.3) is 0 Å². The quantitative estimate of drug-likeness (QED) is 0.495. The molecule has 0 bridgehead atoms. The van der Waals surface area contributed by atoms with Gasteiger partial charge in [-0.3, -0.25) is 4.99 Å². The summed E-state index contributed by atoms with van der Waals surface area (Å²) >= 11 is 0. The second kappa shape index (κ2) is 9.42. The Labute approximate surface area is 181 Å². The highest BCUT2D eigenvalue weighted by atomic mass is 15.1. The summed E-state index contributed by atoms with van der Waals surface area (Å²) in [5, 5.41) is 0. The van der Waals surface area contributed by atoms with E-state index < -0.39 is 0 Å². The summed E-state index contributed by atoms with van der Waals surface area (Å²) in [6.45, 7) is 15.0. The third kappa shape index (κ3) is 4.56. The minimum Gasteiger partial charge on any atom is -0.331 e. The molecule has 0 radical (unpaired) electrons. The summed E-state index contributed by atoms with van der Waals surface area (Å²) in [7, 11) is 2.12. The van der Waals surface area contributed by atoms with E-state index in [1.54, 1.807) is 0 Å². The first kappa shape index (κ1) is 22.0. The molecule has 0 spiro atoms. The third-order valence-corrected chi connectivity index (χ3v) is 6.07. The van der Waals surface area contributed by atoms with Gasteiger partial charge in [-0.25, -0.2) is 4.98 Å². The molecule has 0 amide bonds. The normalized spacial score (nSPS) is 17.1. The molecule has 0 N–H and O–H groups in total. The molecule has 1 aromatic heterocycles.